The van der Waals surface area contributed by atoms with Crippen molar-refractivity contribution in [2.75, 3.05) is 13.6 Å². The average molecular weight is 317 g/mol. The first-order valence-electron chi connectivity index (χ1n) is 6.64. The fourth-order valence-corrected chi connectivity index (χ4v) is 1.88. The highest BCUT2D eigenvalue weighted by atomic mass is 19.4. The fourth-order valence-electron chi connectivity index (χ4n) is 1.88. The summed E-state index contributed by atoms with van der Waals surface area (Å²) in [5, 5.41) is 7.13. The molecule has 1 atom stereocenters. The number of carbonyl (C=O) groups is 2. The topological polar surface area (TPSA) is 70.2 Å². The van der Waals surface area contributed by atoms with Crippen molar-refractivity contribution < 1.29 is 22.8 Å². The largest absolute Gasteiger partial charge is 0.416 e. The van der Waals surface area contributed by atoms with Gasteiger partial charge < -0.3 is 16.0 Å². The van der Waals surface area contributed by atoms with Crippen LogP contribution in [0, 0.1) is 0 Å². The van der Waals surface area contributed by atoms with Crippen LogP contribution in [-0.2, 0) is 17.4 Å². The Kier molecular flexibility index (Phi) is 6.21. The van der Waals surface area contributed by atoms with Crippen LogP contribution in [0.2, 0.25) is 0 Å². The molecule has 122 valence electrons. The van der Waals surface area contributed by atoms with Gasteiger partial charge in [-0.05, 0) is 25.0 Å². The number of alkyl halides is 3. The van der Waals surface area contributed by atoms with Crippen molar-refractivity contribution in [3.63, 3.8) is 0 Å². The van der Waals surface area contributed by atoms with Crippen LogP contribution < -0.4 is 16.0 Å². The molecule has 0 fully saturated rings. The van der Waals surface area contributed by atoms with Gasteiger partial charge in [0.2, 0.25) is 5.91 Å². The molecule has 0 bridgehead atoms. The predicted molar refractivity (Wildman–Crippen MR) is 75.2 cm³/mol. The maximum atomic E-state index is 12.9. The molecule has 0 heterocycles. The molecule has 1 aromatic carbocycles. The lowest BCUT2D eigenvalue weighted by molar-refractivity contribution is -0.138. The Morgan fingerprint density at radius 2 is 1.86 bits per heavy atom. The zero-order chi connectivity index (χ0) is 16.8. The molecule has 0 aliphatic rings. The lowest BCUT2D eigenvalue weighted by Crippen LogP contribution is -2.45. The van der Waals surface area contributed by atoms with E-state index >= 15 is 0 Å². The van der Waals surface area contributed by atoms with Crippen molar-refractivity contribution in [2.24, 2.45) is 0 Å². The molecule has 0 unspecified atom stereocenters. The molecule has 3 N–H and O–H groups in total. The smallest absolute Gasteiger partial charge is 0.358 e. The van der Waals surface area contributed by atoms with E-state index in [1.165, 1.54) is 25.2 Å². The van der Waals surface area contributed by atoms with Crippen molar-refractivity contribution in [2.45, 2.75) is 25.6 Å². The SMILES string of the molecule is CNC(=O)CNC(=O)N[C@H](C)Cc1ccccc1C(F)(F)F. The lowest BCUT2D eigenvalue weighted by Gasteiger charge is -2.18. The van der Waals surface area contributed by atoms with Crippen LogP contribution >= 0.6 is 0 Å². The molecule has 5 nitrogen and oxygen atoms in total. The second-order valence-electron chi connectivity index (χ2n) is 4.76. The number of benzene rings is 1. The number of nitrogens with one attached hydrogen (secondary N) is 3. The number of carbonyl (C=O) groups excluding carboxylic acids is 2. The minimum absolute atomic E-state index is 0.0308. The first kappa shape index (κ1) is 17.8. The summed E-state index contributed by atoms with van der Waals surface area (Å²) in [6, 6.07) is 4.09. The Morgan fingerprint density at radius 1 is 1.23 bits per heavy atom. The summed E-state index contributed by atoms with van der Waals surface area (Å²) in [7, 11) is 1.43. The molecule has 3 amide bonds. The number of halogens is 3. The Hall–Kier alpha value is -2.25. The van der Waals surface area contributed by atoms with E-state index in [-0.39, 0.29) is 24.4 Å². The molecule has 0 saturated carbocycles. The Balaban J connectivity index is 2.61. The summed E-state index contributed by atoms with van der Waals surface area (Å²) >= 11 is 0. The van der Waals surface area contributed by atoms with E-state index in [2.05, 4.69) is 16.0 Å². The molecule has 0 spiro atoms. The number of urea groups is 1. The zero-order valence-corrected chi connectivity index (χ0v) is 12.3. The third kappa shape index (κ3) is 5.63. The van der Waals surface area contributed by atoms with Gasteiger partial charge in [-0.15, -0.1) is 0 Å². The van der Waals surface area contributed by atoms with Gasteiger partial charge in [0.05, 0.1) is 12.1 Å². The third-order valence-electron chi connectivity index (χ3n) is 2.91. The van der Waals surface area contributed by atoms with Gasteiger partial charge >= 0.3 is 12.2 Å². The van der Waals surface area contributed by atoms with Gasteiger partial charge in [-0.3, -0.25) is 4.79 Å². The highest BCUT2D eigenvalue weighted by Crippen LogP contribution is 2.32. The number of rotatable bonds is 5. The summed E-state index contributed by atoms with van der Waals surface area (Å²) in [5.41, 5.74) is -0.608. The van der Waals surface area contributed by atoms with Crippen LogP contribution in [0.25, 0.3) is 0 Å². The zero-order valence-electron chi connectivity index (χ0n) is 12.3. The quantitative estimate of drug-likeness (QED) is 0.773. The average Bonchev–Trinajstić information content (AvgIpc) is 2.44. The molecule has 0 saturated heterocycles. The summed E-state index contributed by atoms with van der Waals surface area (Å²) in [4.78, 5) is 22.5. The number of hydrogen-bond donors (Lipinski definition) is 3. The van der Waals surface area contributed by atoms with Crippen LogP contribution in [0.5, 0.6) is 0 Å². The third-order valence-corrected chi connectivity index (χ3v) is 2.91. The first-order chi connectivity index (χ1) is 10.2. The van der Waals surface area contributed by atoms with Crippen LogP contribution in [0.1, 0.15) is 18.1 Å². The van der Waals surface area contributed by atoms with Crippen LogP contribution in [-0.4, -0.2) is 31.6 Å². The predicted octanol–water partition coefficient (Wildman–Crippen LogP) is 1.68. The molecule has 0 aromatic heterocycles. The minimum atomic E-state index is -4.43. The Bertz CT molecular complexity index is 532. The van der Waals surface area contributed by atoms with Crippen molar-refractivity contribution >= 4 is 11.9 Å². The van der Waals surface area contributed by atoms with Crippen molar-refractivity contribution in [1.29, 1.82) is 0 Å². The molecule has 22 heavy (non-hydrogen) atoms. The normalized spacial score (nSPS) is 12.4. The summed E-state index contributed by atoms with van der Waals surface area (Å²) in [5.74, 6) is -0.370. The van der Waals surface area contributed by atoms with Crippen molar-refractivity contribution in [1.82, 2.24) is 16.0 Å². The molecule has 0 radical (unpaired) electrons. The van der Waals surface area contributed by atoms with Gasteiger partial charge in [-0.25, -0.2) is 4.79 Å². The minimum Gasteiger partial charge on any atom is -0.358 e. The molecule has 1 rings (SSSR count). The van der Waals surface area contributed by atoms with E-state index < -0.39 is 23.8 Å². The van der Waals surface area contributed by atoms with Crippen molar-refractivity contribution in [3.05, 3.63) is 35.4 Å². The number of likely N-dealkylation sites (N-methyl/N-ethyl adjacent to an activating group) is 1. The summed E-state index contributed by atoms with van der Waals surface area (Å²) in [6.45, 7) is 1.39. The highest BCUT2D eigenvalue weighted by Gasteiger charge is 2.33. The molecule has 1 aromatic rings. The van der Waals surface area contributed by atoms with Crippen LogP contribution in [0.4, 0.5) is 18.0 Å². The maximum Gasteiger partial charge on any atom is 0.416 e. The van der Waals surface area contributed by atoms with Gasteiger partial charge in [0.1, 0.15) is 0 Å². The second kappa shape index (κ2) is 7.67. The second-order valence-corrected chi connectivity index (χ2v) is 4.76. The Morgan fingerprint density at radius 3 is 2.45 bits per heavy atom. The van der Waals surface area contributed by atoms with Gasteiger partial charge in [-0.2, -0.15) is 13.2 Å². The standard InChI is InChI=1S/C14H18F3N3O2/c1-9(20-13(22)19-8-12(21)18-2)7-10-5-3-4-6-11(10)14(15,16)17/h3-6,9H,7-8H2,1-2H3,(H,18,21)(H2,19,20,22)/t9-/m1/s1. The van der Waals surface area contributed by atoms with E-state index in [1.807, 2.05) is 0 Å². The van der Waals surface area contributed by atoms with Gasteiger partial charge in [0.15, 0.2) is 0 Å². The van der Waals surface area contributed by atoms with E-state index in [0.29, 0.717) is 0 Å². The number of hydrogen-bond acceptors (Lipinski definition) is 2. The first-order valence-corrected chi connectivity index (χ1v) is 6.64. The molecule has 0 aliphatic carbocycles. The maximum absolute atomic E-state index is 12.9. The van der Waals surface area contributed by atoms with Crippen molar-refractivity contribution in [3.8, 4) is 0 Å². The molecule has 8 heteroatoms. The van der Waals surface area contributed by atoms with Crippen LogP contribution in [0.15, 0.2) is 24.3 Å². The lowest BCUT2D eigenvalue weighted by atomic mass is 10.0. The summed E-state index contributed by atoms with van der Waals surface area (Å²) < 4.78 is 38.6. The van der Waals surface area contributed by atoms with Gasteiger partial charge in [0.25, 0.3) is 0 Å². The van der Waals surface area contributed by atoms with E-state index in [4.69, 9.17) is 0 Å². The Labute approximate surface area is 126 Å². The molecular weight excluding hydrogens is 299 g/mol. The van der Waals surface area contributed by atoms with Crippen LogP contribution in [0.3, 0.4) is 0 Å². The molecule has 0 aliphatic heterocycles. The fraction of sp³-hybridized carbons (Fsp3) is 0.429. The summed E-state index contributed by atoms with van der Waals surface area (Å²) in [6.07, 6.45) is -4.40. The van der Waals surface area contributed by atoms with E-state index in [1.54, 1.807) is 6.92 Å². The van der Waals surface area contributed by atoms with E-state index in [0.717, 1.165) is 6.07 Å². The monoisotopic (exact) mass is 317 g/mol. The highest BCUT2D eigenvalue weighted by molar-refractivity contribution is 5.83. The number of amides is 3. The van der Waals surface area contributed by atoms with Gasteiger partial charge in [-0.1, -0.05) is 18.2 Å². The van der Waals surface area contributed by atoms with E-state index in [9.17, 15) is 22.8 Å². The molecular formula is C14H18F3N3O2. The van der Waals surface area contributed by atoms with Gasteiger partial charge in [0, 0.05) is 13.1 Å².